The summed E-state index contributed by atoms with van der Waals surface area (Å²) in [5.74, 6) is -0.615. The molecule has 0 bridgehead atoms. The number of allylic oxidation sites excluding steroid dienone is 22. The van der Waals surface area contributed by atoms with Crippen LogP contribution in [0, 0.1) is 0 Å². The molecule has 1 unspecified atom stereocenters. The van der Waals surface area contributed by atoms with Gasteiger partial charge in [0.2, 0.25) is 0 Å². The second-order valence-corrected chi connectivity index (χ2v) is 13.4. The predicted octanol–water partition coefficient (Wildman–Crippen LogP) is 14.4. The van der Waals surface area contributed by atoms with Crippen molar-refractivity contribution >= 4 is 11.9 Å². The molecule has 0 saturated heterocycles. The number of ether oxygens (including phenoxy) is 3. The minimum atomic E-state index is -0.622. The van der Waals surface area contributed by atoms with Crippen molar-refractivity contribution in [2.45, 2.75) is 155 Å². The number of hydrogen-bond acceptors (Lipinski definition) is 5. The minimum Gasteiger partial charge on any atom is -0.462 e. The number of unbranched alkanes of at least 4 members (excludes halogenated alkanes) is 4. The zero-order valence-corrected chi connectivity index (χ0v) is 35.6. The van der Waals surface area contributed by atoms with Gasteiger partial charge in [-0.15, -0.1) is 0 Å². The Kier molecular flexibility index (Phi) is 42.2. The van der Waals surface area contributed by atoms with Gasteiger partial charge in [0.15, 0.2) is 6.10 Å². The number of rotatable bonds is 37. The van der Waals surface area contributed by atoms with Gasteiger partial charge < -0.3 is 14.2 Å². The summed E-state index contributed by atoms with van der Waals surface area (Å²) in [6.07, 6.45) is 64.8. The first-order chi connectivity index (χ1) is 27.6. The summed E-state index contributed by atoms with van der Waals surface area (Å²) in [6, 6.07) is 0. The molecular formula is C51H78O5. The molecule has 0 heterocycles. The topological polar surface area (TPSA) is 61.8 Å². The molecule has 0 rings (SSSR count). The van der Waals surface area contributed by atoms with Gasteiger partial charge in [-0.2, -0.15) is 0 Å². The van der Waals surface area contributed by atoms with Crippen LogP contribution in [0.25, 0.3) is 0 Å². The molecule has 0 amide bonds. The van der Waals surface area contributed by atoms with Crippen molar-refractivity contribution < 1.29 is 23.8 Å². The van der Waals surface area contributed by atoms with E-state index in [-0.39, 0.29) is 38.0 Å². The van der Waals surface area contributed by atoms with Crippen LogP contribution >= 0.6 is 0 Å². The highest BCUT2D eigenvalue weighted by Gasteiger charge is 2.17. The molecule has 312 valence electrons. The number of esters is 2. The van der Waals surface area contributed by atoms with E-state index in [4.69, 9.17) is 14.2 Å². The van der Waals surface area contributed by atoms with Gasteiger partial charge in [-0.1, -0.05) is 167 Å². The Bertz CT molecular complexity index is 1240. The van der Waals surface area contributed by atoms with E-state index in [0.29, 0.717) is 19.4 Å². The van der Waals surface area contributed by atoms with Gasteiger partial charge in [0.05, 0.1) is 6.61 Å². The molecule has 0 N–H and O–H groups in total. The zero-order chi connectivity index (χ0) is 40.7. The fraction of sp³-hybridized carbons (Fsp3) is 0.529. The van der Waals surface area contributed by atoms with Crippen molar-refractivity contribution in [2.24, 2.45) is 0 Å². The largest absolute Gasteiger partial charge is 0.462 e. The van der Waals surface area contributed by atoms with E-state index < -0.39 is 6.10 Å². The number of carbonyl (C=O) groups excluding carboxylic acids is 2. The van der Waals surface area contributed by atoms with Gasteiger partial charge in [0, 0.05) is 19.4 Å². The van der Waals surface area contributed by atoms with E-state index in [1.807, 2.05) is 12.2 Å². The first-order valence-electron chi connectivity index (χ1n) is 21.7. The molecule has 0 aromatic rings. The maximum Gasteiger partial charge on any atom is 0.306 e. The number of hydrogen-bond donors (Lipinski definition) is 0. The number of carbonyl (C=O) groups is 2. The zero-order valence-electron chi connectivity index (χ0n) is 35.6. The van der Waals surface area contributed by atoms with E-state index in [9.17, 15) is 9.59 Å². The molecule has 0 aliphatic rings. The second kappa shape index (κ2) is 45.4. The highest BCUT2D eigenvalue weighted by Crippen LogP contribution is 2.08. The van der Waals surface area contributed by atoms with Crippen LogP contribution in [-0.2, 0) is 23.8 Å². The maximum atomic E-state index is 12.7. The van der Waals surface area contributed by atoms with Gasteiger partial charge in [0.1, 0.15) is 6.61 Å². The first kappa shape index (κ1) is 52.0. The molecule has 0 aromatic heterocycles. The van der Waals surface area contributed by atoms with E-state index in [1.165, 1.54) is 0 Å². The fourth-order valence-corrected chi connectivity index (χ4v) is 5.08. The van der Waals surface area contributed by atoms with Crippen LogP contribution in [0.4, 0.5) is 0 Å². The molecule has 0 aliphatic heterocycles. The van der Waals surface area contributed by atoms with Crippen LogP contribution in [0.15, 0.2) is 134 Å². The van der Waals surface area contributed by atoms with Crippen molar-refractivity contribution in [3.63, 3.8) is 0 Å². The molecular weight excluding hydrogens is 693 g/mol. The molecule has 0 spiro atoms. The lowest BCUT2D eigenvalue weighted by Crippen LogP contribution is -2.30. The second-order valence-electron chi connectivity index (χ2n) is 13.4. The van der Waals surface area contributed by atoms with Crippen LogP contribution in [0.5, 0.6) is 0 Å². The summed E-state index contributed by atoms with van der Waals surface area (Å²) >= 11 is 0. The third-order valence-electron chi connectivity index (χ3n) is 8.19. The highest BCUT2D eigenvalue weighted by atomic mass is 16.6. The Balaban J connectivity index is 4.54. The normalized spacial score (nSPS) is 13.6. The van der Waals surface area contributed by atoms with Crippen molar-refractivity contribution in [2.75, 3.05) is 19.8 Å². The van der Waals surface area contributed by atoms with Crippen LogP contribution in [0.2, 0.25) is 0 Å². The smallest absolute Gasteiger partial charge is 0.306 e. The predicted molar refractivity (Wildman–Crippen MR) is 242 cm³/mol. The highest BCUT2D eigenvalue weighted by molar-refractivity contribution is 5.70. The average molecular weight is 771 g/mol. The lowest BCUT2D eigenvalue weighted by Gasteiger charge is -2.18. The molecule has 56 heavy (non-hydrogen) atoms. The lowest BCUT2D eigenvalue weighted by atomic mass is 10.1. The van der Waals surface area contributed by atoms with E-state index in [0.717, 1.165) is 103 Å². The fourth-order valence-electron chi connectivity index (χ4n) is 5.08. The Morgan fingerprint density at radius 2 is 0.750 bits per heavy atom. The van der Waals surface area contributed by atoms with Crippen LogP contribution in [-0.4, -0.2) is 37.9 Å². The Morgan fingerprint density at radius 3 is 1.18 bits per heavy atom. The van der Waals surface area contributed by atoms with Crippen LogP contribution < -0.4 is 0 Å². The van der Waals surface area contributed by atoms with Crippen molar-refractivity contribution in [1.82, 2.24) is 0 Å². The Hall–Kier alpha value is -3.96. The average Bonchev–Trinajstić information content (AvgIpc) is 3.20. The molecule has 5 nitrogen and oxygen atoms in total. The van der Waals surface area contributed by atoms with Gasteiger partial charge in [-0.3, -0.25) is 9.59 Å². The summed E-state index contributed by atoms with van der Waals surface area (Å²) in [7, 11) is 0. The third kappa shape index (κ3) is 42.8. The molecule has 5 heteroatoms. The SMILES string of the molecule is CC/C=C\C/C=C\C/C=C\C/C=C\CCC(=O)OCC(COCCCCCC/C=C\C/C=C\C/C=C\CC)OC(=O)CC/C=C\C/C=C\C/C=C\C/C=C\CC. The first-order valence-corrected chi connectivity index (χ1v) is 21.7. The molecule has 1 atom stereocenters. The summed E-state index contributed by atoms with van der Waals surface area (Å²) in [5, 5.41) is 0. The quantitative estimate of drug-likeness (QED) is 0.0358. The van der Waals surface area contributed by atoms with Crippen molar-refractivity contribution in [1.29, 1.82) is 0 Å². The maximum absolute atomic E-state index is 12.7. The standard InChI is InChI=1S/C51H78O5/c1-4-7-10-13-16-19-22-25-28-31-34-37-40-43-46-54-47-49(56-51(53)45-42-39-36-33-30-27-24-21-18-15-12-9-6-3)48-55-50(52)44-41-38-35-32-29-26-23-20-17-14-11-8-5-2/h7-12,16-21,25-30,35-36,38-39,49H,4-6,13-15,22-24,31-34,37,40-48H2,1-3H3/b10-7-,11-8-,12-9-,19-16-,20-17-,21-18-,28-25-,29-26-,30-27-,38-35-,39-36-. The van der Waals surface area contributed by atoms with Crippen LogP contribution in [0.3, 0.4) is 0 Å². The van der Waals surface area contributed by atoms with E-state index in [1.54, 1.807) is 0 Å². The van der Waals surface area contributed by atoms with Crippen molar-refractivity contribution in [3.05, 3.63) is 134 Å². The molecule has 0 fully saturated rings. The summed E-state index contributed by atoms with van der Waals surface area (Å²) in [4.78, 5) is 25.1. The molecule has 0 aromatic carbocycles. The summed E-state index contributed by atoms with van der Waals surface area (Å²) in [6.45, 7) is 7.23. The summed E-state index contributed by atoms with van der Waals surface area (Å²) < 4.78 is 17.1. The minimum absolute atomic E-state index is 0.000284. The van der Waals surface area contributed by atoms with Crippen molar-refractivity contribution in [3.8, 4) is 0 Å². The van der Waals surface area contributed by atoms with Gasteiger partial charge in [0.25, 0.3) is 0 Å². The van der Waals surface area contributed by atoms with Crippen LogP contribution in [0.1, 0.15) is 149 Å². The molecule has 0 saturated carbocycles. The Labute approximate surface area is 343 Å². The monoisotopic (exact) mass is 771 g/mol. The van der Waals surface area contributed by atoms with E-state index in [2.05, 4.69) is 142 Å². The van der Waals surface area contributed by atoms with Gasteiger partial charge in [-0.05, 0) is 103 Å². The molecule has 0 aliphatic carbocycles. The van der Waals surface area contributed by atoms with Gasteiger partial charge in [-0.25, -0.2) is 0 Å². The Morgan fingerprint density at radius 1 is 0.393 bits per heavy atom. The third-order valence-corrected chi connectivity index (χ3v) is 8.19. The summed E-state index contributed by atoms with van der Waals surface area (Å²) in [5.41, 5.74) is 0. The lowest BCUT2D eigenvalue weighted by molar-refractivity contribution is -0.162. The molecule has 0 radical (unpaired) electrons. The van der Waals surface area contributed by atoms with Gasteiger partial charge >= 0.3 is 11.9 Å². The van der Waals surface area contributed by atoms with E-state index >= 15 is 0 Å².